The minimum Gasteiger partial charge on any atom is -0.328 e. The van der Waals surface area contributed by atoms with Gasteiger partial charge in [0.05, 0.1) is 6.61 Å². The average Bonchev–Trinajstić information content (AvgIpc) is 1.94. The highest BCUT2D eigenvalue weighted by Crippen LogP contribution is 2.49. The van der Waals surface area contributed by atoms with Crippen LogP contribution in [-0.2, 0) is 9.09 Å². The van der Waals surface area contributed by atoms with E-state index in [1.807, 2.05) is 6.92 Å². The van der Waals surface area contributed by atoms with E-state index in [1.165, 1.54) is 0 Å². The normalized spacial score (nSPS) is 44.8. The lowest BCUT2D eigenvalue weighted by Crippen LogP contribution is -2.24. The molecule has 0 aromatic rings. The summed E-state index contributed by atoms with van der Waals surface area (Å²) in [7, 11) is -2.34. The summed E-state index contributed by atoms with van der Waals surface area (Å²) >= 11 is 0. The van der Waals surface area contributed by atoms with Gasteiger partial charge in [0.2, 0.25) is 7.37 Å². The van der Waals surface area contributed by atoms with Crippen LogP contribution >= 0.6 is 7.37 Å². The molecule has 62 valence electrons. The van der Waals surface area contributed by atoms with Crippen molar-refractivity contribution in [2.45, 2.75) is 6.92 Å². The van der Waals surface area contributed by atoms with Crippen molar-refractivity contribution in [3.05, 3.63) is 0 Å². The van der Waals surface area contributed by atoms with E-state index in [-0.39, 0.29) is 5.92 Å². The van der Waals surface area contributed by atoms with Gasteiger partial charge in [0, 0.05) is 18.7 Å². The van der Waals surface area contributed by atoms with Crippen LogP contribution in [0.4, 0.5) is 0 Å². The molecule has 2 unspecified atom stereocenters. The third-order valence-corrected chi connectivity index (χ3v) is 3.79. The largest absolute Gasteiger partial charge is 0.328 e. The Morgan fingerprint density at radius 3 is 2.82 bits per heavy atom. The molecule has 3 atom stereocenters. The molecule has 0 N–H and O–H groups in total. The maximum Gasteiger partial charge on any atom is 0.201 e. The van der Waals surface area contributed by atoms with Crippen LogP contribution in [0.1, 0.15) is 6.92 Å². The number of hydrogen-bond acceptors (Lipinski definition) is 2. The molecule has 0 amide bonds. The lowest BCUT2D eigenvalue weighted by molar-refractivity contribution is 0.212. The molecule has 1 fully saturated rings. The molecule has 0 aromatic heterocycles. The van der Waals surface area contributed by atoms with Crippen molar-refractivity contribution >= 4 is 7.37 Å². The maximum absolute atomic E-state index is 11.4. The monoisotopic (exact) mass is 172 g/mol. The van der Waals surface area contributed by atoms with E-state index in [0.717, 1.165) is 0 Å². The molecule has 1 aliphatic rings. The minimum atomic E-state index is -2.34. The second-order valence-corrected chi connectivity index (χ2v) is 5.89. The van der Waals surface area contributed by atoms with Gasteiger partial charge in [0.15, 0.2) is 0 Å². The molecular weight excluding hydrogens is 159 g/mol. The highest BCUT2D eigenvalue weighted by Gasteiger charge is 2.31. The van der Waals surface area contributed by atoms with Gasteiger partial charge in [0.1, 0.15) is 0 Å². The molecule has 0 radical (unpaired) electrons. The molecule has 11 heavy (non-hydrogen) atoms. The molecule has 0 aliphatic carbocycles. The fraction of sp³-hybridized carbons (Fsp3) is 0.750. The zero-order chi connectivity index (χ0) is 8.48. The van der Waals surface area contributed by atoms with Gasteiger partial charge in [-0.3, -0.25) is 4.57 Å². The molecule has 0 saturated carbocycles. The Bertz CT molecular complexity index is 229. The minimum absolute atomic E-state index is 0.139. The summed E-state index contributed by atoms with van der Waals surface area (Å²) in [6.07, 6.45) is 5.83. The lowest BCUT2D eigenvalue weighted by atomic mass is 9.98. The van der Waals surface area contributed by atoms with E-state index in [4.69, 9.17) is 10.9 Å². The van der Waals surface area contributed by atoms with Crippen LogP contribution in [0, 0.1) is 24.2 Å². The summed E-state index contributed by atoms with van der Waals surface area (Å²) < 4.78 is 16.6. The van der Waals surface area contributed by atoms with Gasteiger partial charge in [-0.15, -0.1) is 12.3 Å². The molecule has 1 heterocycles. The van der Waals surface area contributed by atoms with Crippen LogP contribution in [0.25, 0.3) is 0 Å². The third kappa shape index (κ3) is 2.09. The fourth-order valence-corrected chi connectivity index (χ4v) is 3.03. The Kier molecular flexibility index (Phi) is 2.42. The first kappa shape index (κ1) is 8.84. The predicted octanol–water partition coefficient (Wildman–Crippen LogP) is 1.81. The SMILES string of the molecule is C#C[C@H]1CP(C)(=O)OCC1C. The number of hydrogen-bond donors (Lipinski definition) is 0. The quantitative estimate of drug-likeness (QED) is 0.411. The van der Waals surface area contributed by atoms with Gasteiger partial charge in [-0.05, 0) is 5.92 Å². The first-order chi connectivity index (χ1) is 5.05. The van der Waals surface area contributed by atoms with Crippen molar-refractivity contribution < 1.29 is 9.09 Å². The Hall–Kier alpha value is -0.250. The standard InChI is InChI=1S/C8H13O2P/c1-4-8-6-11(3,9)10-5-7(8)2/h1,7-8H,5-6H2,2-3H3/t7?,8-,11?/m0/s1. The summed E-state index contributed by atoms with van der Waals surface area (Å²) in [6.45, 7) is 4.23. The number of rotatable bonds is 0. The smallest absolute Gasteiger partial charge is 0.201 e. The third-order valence-electron chi connectivity index (χ3n) is 2.04. The first-order valence-corrected chi connectivity index (χ1v) is 5.98. The van der Waals surface area contributed by atoms with Gasteiger partial charge in [-0.25, -0.2) is 0 Å². The maximum atomic E-state index is 11.4. The molecular formula is C8H13O2P. The van der Waals surface area contributed by atoms with Gasteiger partial charge in [0.25, 0.3) is 0 Å². The predicted molar refractivity (Wildman–Crippen MR) is 45.8 cm³/mol. The number of terminal acetylenes is 1. The second kappa shape index (κ2) is 3.01. The summed E-state index contributed by atoms with van der Waals surface area (Å²) in [5.41, 5.74) is 0. The van der Waals surface area contributed by atoms with E-state index in [0.29, 0.717) is 18.7 Å². The Morgan fingerprint density at radius 2 is 2.36 bits per heavy atom. The van der Waals surface area contributed by atoms with Crippen molar-refractivity contribution in [1.29, 1.82) is 0 Å². The van der Waals surface area contributed by atoms with Crippen LogP contribution in [0.2, 0.25) is 0 Å². The van der Waals surface area contributed by atoms with Crippen LogP contribution in [0.5, 0.6) is 0 Å². The van der Waals surface area contributed by atoms with E-state index >= 15 is 0 Å². The van der Waals surface area contributed by atoms with Crippen LogP contribution in [0.3, 0.4) is 0 Å². The fourth-order valence-electron chi connectivity index (χ4n) is 1.20. The zero-order valence-corrected chi connectivity index (χ0v) is 7.80. The van der Waals surface area contributed by atoms with Gasteiger partial charge in [-0.1, -0.05) is 6.92 Å². The summed E-state index contributed by atoms with van der Waals surface area (Å²) in [5, 5.41) is 0. The van der Waals surface area contributed by atoms with E-state index < -0.39 is 7.37 Å². The molecule has 1 rings (SSSR count). The van der Waals surface area contributed by atoms with Crippen LogP contribution in [0.15, 0.2) is 0 Å². The van der Waals surface area contributed by atoms with Crippen molar-refractivity contribution in [3.63, 3.8) is 0 Å². The second-order valence-electron chi connectivity index (χ2n) is 3.24. The van der Waals surface area contributed by atoms with Gasteiger partial charge < -0.3 is 4.52 Å². The molecule has 0 spiro atoms. The van der Waals surface area contributed by atoms with Crippen molar-refractivity contribution in [2.24, 2.45) is 11.8 Å². The highest BCUT2D eigenvalue weighted by molar-refractivity contribution is 7.58. The summed E-state index contributed by atoms with van der Waals surface area (Å²) in [6, 6.07) is 0. The zero-order valence-electron chi connectivity index (χ0n) is 6.91. The Balaban J connectivity index is 2.68. The van der Waals surface area contributed by atoms with Crippen molar-refractivity contribution in [2.75, 3.05) is 19.4 Å². The average molecular weight is 172 g/mol. The summed E-state index contributed by atoms with van der Waals surface area (Å²) in [4.78, 5) is 0. The summed E-state index contributed by atoms with van der Waals surface area (Å²) in [5.74, 6) is 3.14. The topological polar surface area (TPSA) is 26.3 Å². The lowest BCUT2D eigenvalue weighted by Gasteiger charge is -2.29. The van der Waals surface area contributed by atoms with Crippen molar-refractivity contribution in [3.8, 4) is 12.3 Å². The molecule has 2 nitrogen and oxygen atoms in total. The molecule has 1 aliphatic heterocycles. The van der Waals surface area contributed by atoms with Crippen molar-refractivity contribution in [1.82, 2.24) is 0 Å². The van der Waals surface area contributed by atoms with Crippen LogP contribution < -0.4 is 0 Å². The highest BCUT2D eigenvalue weighted by atomic mass is 31.2. The molecule has 0 aromatic carbocycles. The van der Waals surface area contributed by atoms with Gasteiger partial charge >= 0.3 is 0 Å². The van der Waals surface area contributed by atoms with E-state index in [9.17, 15) is 4.57 Å². The first-order valence-electron chi connectivity index (χ1n) is 3.72. The molecule has 3 heteroatoms. The van der Waals surface area contributed by atoms with E-state index in [2.05, 4.69) is 5.92 Å². The Morgan fingerprint density at radius 1 is 1.73 bits per heavy atom. The Labute approximate surface area is 67.8 Å². The molecule has 1 saturated heterocycles. The van der Waals surface area contributed by atoms with Crippen LogP contribution in [-0.4, -0.2) is 19.4 Å². The van der Waals surface area contributed by atoms with Gasteiger partial charge in [-0.2, -0.15) is 0 Å². The van der Waals surface area contributed by atoms with E-state index in [1.54, 1.807) is 6.66 Å². The molecule has 0 bridgehead atoms.